The molecular weight excluding hydrogens is 266 g/mol. The molecule has 0 saturated carbocycles. The molecule has 5 heteroatoms. The van der Waals surface area contributed by atoms with Gasteiger partial charge in [0.15, 0.2) is 0 Å². The van der Waals surface area contributed by atoms with Crippen molar-refractivity contribution >= 4 is 17.6 Å². The van der Waals surface area contributed by atoms with E-state index in [1.807, 2.05) is 19.1 Å². The van der Waals surface area contributed by atoms with Gasteiger partial charge in [0.1, 0.15) is 17.4 Å². The highest BCUT2D eigenvalue weighted by Gasteiger charge is 2.15. The van der Waals surface area contributed by atoms with Gasteiger partial charge in [0.25, 0.3) is 0 Å². The van der Waals surface area contributed by atoms with E-state index in [2.05, 4.69) is 4.98 Å². The summed E-state index contributed by atoms with van der Waals surface area (Å²) in [5.41, 5.74) is 0.768. The van der Waals surface area contributed by atoms with Gasteiger partial charge >= 0.3 is 5.97 Å². The second-order valence-corrected chi connectivity index (χ2v) is 4.40. The van der Waals surface area contributed by atoms with Gasteiger partial charge in [-0.3, -0.25) is 4.98 Å². The summed E-state index contributed by atoms with van der Waals surface area (Å²) in [6.45, 7) is 1.81. The highest BCUT2D eigenvalue weighted by atomic mass is 35.5. The molecule has 2 aromatic rings. The van der Waals surface area contributed by atoms with Gasteiger partial charge in [0.2, 0.25) is 0 Å². The summed E-state index contributed by atoms with van der Waals surface area (Å²) in [4.78, 5) is 15.3. The van der Waals surface area contributed by atoms with Crippen molar-refractivity contribution in [3.05, 3.63) is 58.9 Å². The Bertz CT molecular complexity index is 586. The summed E-state index contributed by atoms with van der Waals surface area (Å²) < 4.78 is 5.65. The van der Waals surface area contributed by atoms with E-state index >= 15 is 0 Å². The fraction of sp³-hybridized carbons (Fsp3) is 0.143. The number of carbonyl (C=O) groups is 1. The standard InChI is InChI=1S/C14H12ClNO3/c1-9(12-4-2-3-7-16-12)19-13-6-5-10(15)8-11(13)14(17)18/h2-9H,1H3,(H,17,18). The molecule has 1 unspecified atom stereocenters. The molecule has 0 fully saturated rings. The third-order valence-corrected chi connectivity index (χ3v) is 2.82. The third kappa shape index (κ3) is 3.23. The predicted molar refractivity (Wildman–Crippen MR) is 71.7 cm³/mol. The number of rotatable bonds is 4. The molecule has 19 heavy (non-hydrogen) atoms. The lowest BCUT2D eigenvalue weighted by molar-refractivity contribution is 0.0689. The van der Waals surface area contributed by atoms with Crippen LogP contribution in [0.4, 0.5) is 0 Å². The Morgan fingerprint density at radius 1 is 1.37 bits per heavy atom. The summed E-state index contributed by atoms with van der Waals surface area (Å²) >= 11 is 5.78. The molecule has 0 aliphatic carbocycles. The molecule has 0 bridgehead atoms. The Kier molecular flexibility index (Phi) is 4.02. The number of carboxylic acid groups (broad SMARTS) is 1. The molecule has 1 atom stereocenters. The number of benzene rings is 1. The zero-order chi connectivity index (χ0) is 13.8. The fourth-order valence-corrected chi connectivity index (χ4v) is 1.81. The van der Waals surface area contributed by atoms with E-state index in [0.717, 1.165) is 5.69 Å². The zero-order valence-corrected chi connectivity index (χ0v) is 11.0. The van der Waals surface area contributed by atoms with E-state index in [-0.39, 0.29) is 17.4 Å². The molecule has 0 amide bonds. The minimum atomic E-state index is -1.08. The molecule has 0 radical (unpaired) electrons. The van der Waals surface area contributed by atoms with Crippen LogP contribution in [0, 0.1) is 0 Å². The summed E-state index contributed by atoms with van der Waals surface area (Å²) in [5, 5.41) is 9.48. The smallest absolute Gasteiger partial charge is 0.339 e. The Morgan fingerprint density at radius 3 is 2.79 bits per heavy atom. The molecule has 98 valence electrons. The van der Waals surface area contributed by atoms with Crippen LogP contribution in [0.3, 0.4) is 0 Å². The van der Waals surface area contributed by atoms with Crippen molar-refractivity contribution in [1.29, 1.82) is 0 Å². The molecule has 0 spiro atoms. The average molecular weight is 278 g/mol. The van der Waals surface area contributed by atoms with E-state index < -0.39 is 5.97 Å². The number of hydrogen-bond donors (Lipinski definition) is 1. The molecule has 1 aromatic carbocycles. The molecule has 1 heterocycles. The molecule has 0 saturated heterocycles. The lowest BCUT2D eigenvalue weighted by atomic mass is 10.2. The number of aromatic carboxylic acids is 1. The van der Waals surface area contributed by atoms with Crippen LogP contribution in [0.5, 0.6) is 5.75 Å². The van der Waals surface area contributed by atoms with Crippen molar-refractivity contribution in [3.63, 3.8) is 0 Å². The maximum atomic E-state index is 11.1. The van der Waals surface area contributed by atoms with Gasteiger partial charge in [-0.1, -0.05) is 17.7 Å². The Balaban J connectivity index is 2.26. The van der Waals surface area contributed by atoms with Crippen LogP contribution in [0.1, 0.15) is 29.1 Å². The van der Waals surface area contributed by atoms with Gasteiger partial charge in [-0.2, -0.15) is 0 Å². The SMILES string of the molecule is CC(Oc1ccc(Cl)cc1C(=O)O)c1ccccn1. The second-order valence-electron chi connectivity index (χ2n) is 3.96. The summed E-state index contributed by atoms with van der Waals surface area (Å²) in [7, 11) is 0. The number of pyridine rings is 1. The number of ether oxygens (including phenoxy) is 1. The van der Waals surface area contributed by atoms with Gasteiger partial charge in [-0.25, -0.2) is 4.79 Å². The Hall–Kier alpha value is -2.07. The lowest BCUT2D eigenvalue weighted by Gasteiger charge is -2.15. The van der Waals surface area contributed by atoms with Crippen molar-refractivity contribution in [2.45, 2.75) is 13.0 Å². The van der Waals surface area contributed by atoms with Gasteiger partial charge in [-0.15, -0.1) is 0 Å². The van der Waals surface area contributed by atoms with Gasteiger partial charge in [0.05, 0.1) is 5.69 Å². The van der Waals surface area contributed by atoms with Gasteiger partial charge in [-0.05, 0) is 37.3 Å². The topological polar surface area (TPSA) is 59.4 Å². The average Bonchev–Trinajstić information content (AvgIpc) is 2.41. The summed E-state index contributed by atoms with van der Waals surface area (Å²) in [6, 6.07) is 9.98. The van der Waals surface area contributed by atoms with Crippen LogP contribution in [0.15, 0.2) is 42.6 Å². The number of nitrogens with zero attached hydrogens (tertiary/aromatic N) is 1. The molecule has 0 aliphatic rings. The van der Waals surface area contributed by atoms with Crippen molar-refractivity contribution < 1.29 is 14.6 Å². The van der Waals surface area contributed by atoms with E-state index in [1.54, 1.807) is 24.4 Å². The Morgan fingerprint density at radius 2 is 2.16 bits per heavy atom. The van der Waals surface area contributed by atoms with Crippen molar-refractivity contribution in [2.24, 2.45) is 0 Å². The Labute approximate surface area is 115 Å². The highest BCUT2D eigenvalue weighted by molar-refractivity contribution is 6.31. The maximum Gasteiger partial charge on any atom is 0.339 e. The summed E-state index contributed by atoms with van der Waals surface area (Å²) in [6.07, 6.45) is 1.32. The number of aromatic nitrogens is 1. The van der Waals surface area contributed by atoms with Crippen LogP contribution < -0.4 is 4.74 Å². The lowest BCUT2D eigenvalue weighted by Crippen LogP contribution is -2.08. The first-order valence-corrected chi connectivity index (χ1v) is 6.06. The summed E-state index contributed by atoms with van der Waals surface area (Å²) in [5.74, 6) is -0.805. The quantitative estimate of drug-likeness (QED) is 0.928. The number of carboxylic acids is 1. The van der Waals surface area contributed by atoms with Crippen LogP contribution in [-0.4, -0.2) is 16.1 Å². The molecule has 0 aliphatic heterocycles. The van der Waals surface area contributed by atoms with Crippen molar-refractivity contribution in [1.82, 2.24) is 4.98 Å². The van der Waals surface area contributed by atoms with Crippen LogP contribution >= 0.6 is 11.6 Å². The zero-order valence-electron chi connectivity index (χ0n) is 10.2. The second kappa shape index (κ2) is 5.71. The van der Waals surface area contributed by atoms with E-state index in [9.17, 15) is 4.79 Å². The first-order chi connectivity index (χ1) is 9.08. The van der Waals surface area contributed by atoms with Crippen LogP contribution in [-0.2, 0) is 0 Å². The highest BCUT2D eigenvalue weighted by Crippen LogP contribution is 2.27. The molecule has 1 N–H and O–H groups in total. The first kappa shape index (κ1) is 13.4. The van der Waals surface area contributed by atoms with Crippen LogP contribution in [0.2, 0.25) is 5.02 Å². The maximum absolute atomic E-state index is 11.1. The molecule has 2 rings (SSSR count). The largest absolute Gasteiger partial charge is 0.484 e. The minimum absolute atomic E-state index is 0.0373. The molecule has 1 aromatic heterocycles. The number of halogens is 1. The fourth-order valence-electron chi connectivity index (χ4n) is 1.64. The van der Waals surface area contributed by atoms with Gasteiger partial charge in [0, 0.05) is 11.2 Å². The first-order valence-electron chi connectivity index (χ1n) is 5.68. The normalized spacial score (nSPS) is 11.9. The van der Waals surface area contributed by atoms with E-state index in [4.69, 9.17) is 21.4 Å². The van der Waals surface area contributed by atoms with Crippen molar-refractivity contribution in [3.8, 4) is 5.75 Å². The molecule has 4 nitrogen and oxygen atoms in total. The van der Waals surface area contributed by atoms with Gasteiger partial charge < -0.3 is 9.84 Å². The minimum Gasteiger partial charge on any atom is -0.484 e. The predicted octanol–water partition coefficient (Wildman–Crippen LogP) is 3.57. The number of hydrogen-bond acceptors (Lipinski definition) is 3. The van der Waals surface area contributed by atoms with E-state index in [1.165, 1.54) is 6.07 Å². The van der Waals surface area contributed by atoms with E-state index in [0.29, 0.717) is 5.02 Å². The van der Waals surface area contributed by atoms with Crippen molar-refractivity contribution in [2.75, 3.05) is 0 Å². The van der Waals surface area contributed by atoms with Crippen LogP contribution in [0.25, 0.3) is 0 Å². The third-order valence-electron chi connectivity index (χ3n) is 2.58. The molecular formula is C14H12ClNO3. The monoisotopic (exact) mass is 277 g/mol.